The second-order valence-electron chi connectivity index (χ2n) is 5.56. The van der Waals surface area contributed by atoms with Crippen molar-refractivity contribution in [3.8, 4) is 0 Å². The van der Waals surface area contributed by atoms with Crippen molar-refractivity contribution < 1.29 is 23.8 Å². The van der Waals surface area contributed by atoms with Gasteiger partial charge in [0.15, 0.2) is 0 Å². The molecule has 4 heterocycles. The van der Waals surface area contributed by atoms with Crippen LogP contribution in [0.15, 0.2) is 17.8 Å². The third-order valence-corrected chi connectivity index (χ3v) is 5.34. The van der Waals surface area contributed by atoms with Crippen LogP contribution >= 0.6 is 7.82 Å². The summed E-state index contributed by atoms with van der Waals surface area (Å²) < 4.78 is 18.0. The monoisotopic (exact) mass is 353 g/mol. The van der Waals surface area contributed by atoms with E-state index in [0.29, 0.717) is 11.2 Å². The Morgan fingerprint density at radius 1 is 1.46 bits per heavy atom. The molecule has 2 saturated heterocycles. The molecule has 0 bridgehead atoms. The van der Waals surface area contributed by atoms with Gasteiger partial charge in [0, 0.05) is 0 Å². The van der Waals surface area contributed by atoms with Crippen molar-refractivity contribution in [3.05, 3.63) is 23.1 Å². The number of imidazole rings is 1. The fourth-order valence-electron chi connectivity index (χ4n) is 2.89. The Bertz CT molecular complexity index is 842. The summed E-state index contributed by atoms with van der Waals surface area (Å²) in [4.78, 5) is 24.8. The Morgan fingerprint density at radius 3 is 3.08 bits per heavy atom. The zero-order valence-corrected chi connectivity index (χ0v) is 13.4. The van der Waals surface area contributed by atoms with Crippen molar-refractivity contribution in [2.75, 3.05) is 6.61 Å². The van der Waals surface area contributed by atoms with E-state index >= 15 is 0 Å². The van der Waals surface area contributed by atoms with E-state index in [1.54, 1.807) is 0 Å². The van der Waals surface area contributed by atoms with Gasteiger partial charge in [-0.2, -0.15) is 0 Å². The molecule has 2 aliphatic heterocycles. The van der Waals surface area contributed by atoms with Crippen LogP contribution < -0.4 is 0 Å². The summed E-state index contributed by atoms with van der Waals surface area (Å²) in [5, 5.41) is 14.0. The van der Waals surface area contributed by atoms with Crippen molar-refractivity contribution in [1.82, 2.24) is 19.5 Å². The Labute approximate surface area is 136 Å². The van der Waals surface area contributed by atoms with Crippen LogP contribution in [0.4, 0.5) is 5.82 Å². The van der Waals surface area contributed by atoms with Gasteiger partial charge in [-0.25, -0.2) is 0 Å². The van der Waals surface area contributed by atoms with Gasteiger partial charge in [-0.1, -0.05) is 0 Å². The molecule has 2 fully saturated rings. The first kappa shape index (κ1) is 15.7. The fourth-order valence-corrected chi connectivity index (χ4v) is 4.23. The van der Waals surface area contributed by atoms with Crippen molar-refractivity contribution >= 4 is 32.4 Å². The molecule has 0 radical (unpaired) electrons. The first-order chi connectivity index (χ1) is 11.5. The molecule has 0 amide bonds. The first-order valence-electron chi connectivity index (χ1n) is 7.10. The molecule has 0 spiro atoms. The van der Waals surface area contributed by atoms with Crippen molar-refractivity contribution in [1.29, 1.82) is 0 Å². The normalized spacial score (nSPS) is 32.9. The van der Waals surface area contributed by atoms with Crippen LogP contribution in [0.3, 0.4) is 0 Å². The molecule has 0 saturated carbocycles. The van der Waals surface area contributed by atoms with Crippen LogP contribution in [0.1, 0.15) is 6.23 Å². The van der Waals surface area contributed by atoms with E-state index in [-0.39, 0.29) is 12.4 Å². The Hall–Kier alpha value is -1.85. The number of nitrogens with zero attached hydrogens (tertiary/aromatic N) is 7. The molecule has 2 N–H and O–H groups in total. The van der Waals surface area contributed by atoms with Gasteiger partial charge in [0.05, 0.1) is 0 Å². The van der Waals surface area contributed by atoms with Crippen LogP contribution in [0, 0.1) is 0 Å². The number of hydrogen-bond acceptors (Lipinski definition) is 9. The van der Waals surface area contributed by atoms with Gasteiger partial charge in [-0.3, -0.25) is 0 Å². The molecule has 1 unspecified atom stereocenters. The quantitative estimate of drug-likeness (QED) is 0.240. The number of azide groups is 1. The summed E-state index contributed by atoms with van der Waals surface area (Å²) in [5.74, 6) is 0.0843. The molecule has 126 valence electrons. The Kier molecular flexibility index (Phi) is 3.66. The van der Waals surface area contributed by atoms with Crippen molar-refractivity contribution in [2.45, 2.75) is 24.5 Å². The van der Waals surface area contributed by atoms with E-state index < -0.39 is 32.4 Å². The van der Waals surface area contributed by atoms with Gasteiger partial charge >= 0.3 is 135 Å². The van der Waals surface area contributed by atoms with E-state index in [1.165, 1.54) is 24.8 Å². The minimum atomic E-state index is -3.25. The zero-order valence-electron chi connectivity index (χ0n) is 12.4. The third kappa shape index (κ3) is 2.43. The molecule has 0 aromatic carbocycles. The molecule has 24 heavy (non-hydrogen) atoms. The van der Waals surface area contributed by atoms with E-state index in [9.17, 15) is 10.00 Å². The van der Waals surface area contributed by atoms with E-state index in [0.717, 1.165) is 0 Å². The number of ether oxygens (including phenoxy) is 1. The second kappa shape index (κ2) is 5.61. The molecule has 0 aliphatic carbocycles. The second-order valence-corrected chi connectivity index (χ2v) is 7.88. The van der Waals surface area contributed by atoms with Crippen LogP contribution in [0.25, 0.3) is 21.6 Å². The van der Waals surface area contributed by atoms with Crippen LogP contribution in [0.2, 0.25) is 0 Å². The maximum absolute atomic E-state index is 10.6. The summed E-state index contributed by atoms with van der Waals surface area (Å²) in [6.45, 7) is 0.128. The standard InChI is InChI=1S/C10H13BN7O5P/c11-24(20)21-1-4-7(23-24)6(19)10(22-4)18-3-15-5-8(16-17-12)13-2-14-9(5)18/h2-4,6-7,10,19-20,24H,1,11H2/t4-,6?,7-,10-/m1/s1. The zero-order chi connectivity index (χ0) is 16.9. The van der Waals surface area contributed by atoms with E-state index in [2.05, 4.69) is 25.0 Å². The fraction of sp³-hybridized carbons (Fsp3) is 0.500. The number of aliphatic hydroxyl groups excluding tert-OH is 1. The first-order valence-corrected chi connectivity index (χ1v) is 9.37. The van der Waals surface area contributed by atoms with Gasteiger partial charge in [0.1, 0.15) is 0 Å². The minimum absolute atomic E-state index is 0.0843. The average molecular weight is 353 g/mol. The molecule has 2 aliphatic rings. The molecule has 2 aromatic rings. The molecule has 4 atom stereocenters. The molecular weight excluding hydrogens is 340 g/mol. The number of aliphatic hydroxyl groups is 1. The molecule has 2 aromatic heterocycles. The number of rotatable bonds is 2. The molecule has 4 rings (SSSR count). The average Bonchev–Trinajstić information content (AvgIpc) is 3.10. The summed E-state index contributed by atoms with van der Waals surface area (Å²) in [6.07, 6.45) is -0.457. The van der Waals surface area contributed by atoms with Gasteiger partial charge in [-0.05, 0) is 0 Å². The summed E-state index contributed by atoms with van der Waals surface area (Å²) >= 11 is 0. The van der Waals surface area contributed by atoms with E-state index in [1.807, 2.05) is 0 Å². The molecule has 12 nitrogen and oxygen atoms in total. The van der Waals surface area contributed by atoms with Gasteiger partial charge < -0.3 is 0 Å². The summed E-state index contributed by atoms with van der Waals surface area (Å²) in [5.41, 5.74) is 9.22. The third-order valence-electron chi connectivity index (χ3n) is 3.93. The summed E-state index contributed by atoms with van der Waals surface area (Å²) in [6, 6.07) is 0. The van der Waals surface area contributed by atoms with Crippen molar-refractivity contribution in [2.24, 2.45) is 5.11 Å². The Morgan fingerprint density at radius 2 is 2.29 bits per heavy atom. The summed E-state index contributed by atoms with van der Waals surface area (Å²) in [7, 11) is -1.77. The number of fused-ring (bicyclic) bond motifs is 2. The predicted octanol–water partition coefficient (Wildman–Crippen LogP) is -0.523. The van der Waals surface area contributed by atoms with Gasteiger partial charge in [-0.15, -0.1) is 0 Å². The maximum atomic E-state index is 10.6. The number of aromatic nitrogens is 4. The van der Waals surface area contributed by atoms with Crippen molar-refractivity contribution in [3.63, 3.8) is 0 Å². The topological polar surface area (TPSA) is 161 Å². The van der Waals surface area contributed by atoms with Crippen LogP contribution in [0.5, 0.6) is 0 Å². The SMILES string of the molecule is B[PH]1(O)OC[C@H]2O[C@@H](n3cnc4c(N=[N+]=[N-])ncnc43)C(O)[C@@H]2O1. The van der Waals surface area contributed by atoms with E-state index in [4.69, 9.17) is 19.3 Å². The number of hydrogen-bond donors (Lipinski definition) is 2. The van der Waals surface area contributed by atoms with Gasteiger partial charge in [0.25, 0.3) is 0 Å². The van der Waals surface area contributed by atoms with Crippen LogP contribution in [-0.2, 0) is 13.8 Å². The molecular formula is C10H13BN7O5P. The van der Waals surface area contributed by atoms with Crippen LogP contribution in [-0.4, -0.2) is 62.0 Å². The predicted molar refractivity (Wildman–Crippen MR) is 83.9 cm³/mol. The Balaban J connectivity index is 1.71. The molecule has 14 heteroatoms. The van der Waals surface area contributed by atoms with Gasteiger partial charge in [0.2, 0.25) is 0 Å².